The fourth-order valence-electron chi connectivity index (χ4n) is 1.82. The predicted molar refractivity (Wildman–Crippen MR) is 63.5 cm³/mol. The highest BCUT2D eigenvalue weighted by Gasteiger charge is 2.19. The van der Waals surface area contributed by atoms with Crippen LogP contribution in [0.1, 0.15) is 52.3 Å². The molecule has 0 saturated carbocycles. The van der Waals surface area contributed by atoms with Crippen molar-refractivity contribution in [2.45, 2.75) is 53.1 Å². The average Bonchev–Trinajstić information content (AvgIpc) is 2.49. The Balaban J connectivity index is 2.72. The van der Waals surface area contributed by atoms with Gasteiger partial charge in [0.2, 0.25) is 0 Å². The quantitative estimate of drug-likeness (QED) is 0.828. The van der Waals surface area contributed by atoms with Crippen molar-refractivity contribution in [2.75, 3.05) is 0 Å². The van der Waals surface area contributed by atoms with Crippen LogP contribution < -0.4 is 5.73 Å². The topological polar surface area (TPSA) is 43.8 Å². The summed E-state index contributed by atoms with van der Waals surface area (Å²) in [6, 6.07) is 2.13. The molecule has 1 atom stereocenters. The summed E-state index contributed by atoms with van der Waals surface area (Å²) < 4.78 is 2.02. The summed E-state index contributed by atoms with van der Waals surface area (Å²) >= 11 is 0. The second-order valence-corrected chi connectivity index (χ2v) is 5.35. The van der Waals surface area contributed by atoms with Gasteiger partial charge in [0.15, 0.2) is 0 Å². The number of nitrogens with zero attached hydrogens (tertiary/aromatic N) is 2. The van der Waals surface area contributed by atoms with E-state index in [1.54, 1.807) is 0 Å². The molecule has 1 unspecified atom stereocenters. The van der Waals surface area contributed by atoms with Crippen molar-refractivity contribution >= 4 is 0 Å². The molecule has 0 fully saturated rings. The maximum Gasteiger partial charge on any atom is 0.0551 e. The van der Waals surface area contributed by atoms with Gasteiger partial charge in [-0.1, -0.05) is 27.7 Å². The van der Waals surface area contributed by atoms with Gasteiger partial charge < -0.3 is 5.73 Å². The van der Waals surface area contributed by atoms with E-state index in [1.807, 2.05) is 16.9 Å². The molecule has 2 N–H and O–H groups in total. The maximum absolute atomic E-state index is 6.20. The molecule has 1 rings (SSSR count). The molecule has 0 bridgehead atoms. The zero-order valence-electron chi connectivity index (χ0n) is 10.3. The Bertz CT molecular complexity index is 296. The summed E-state index contributed by atoms with van der Waals surface area (Å²) in [5, 5.41) is 4.29. The lowest BCUT2D eigenvalue weighted by Crippen LogP contribution is -2.22. The molecular formula is C12H23N3. The molecule has 0 spiro atoms. The number of aromatic nitrogens is 2. The Hall–Kier alpha value is -0.830. The molecule has 15 heavy (non-hydrogen) atoms. The first kappa shape index (κ1) is 12.2. The van der Waals surface area contributed by atoms with Gasteiger partial charge in [0.25, 0.3) is 0 Å². The summed E-state index contributed by atoms with van der Waals surface area (Å²) in [4.78, 5) is 0. The van der Waals surface area contributed by atoms with Gasteiger partial charge in [-0.25, -0.2) is 0 Å². The van der Waals surface area contributed by atoms with Crippen LogP contribution in [0.15, 0.2) is 12.3 Å². The van der Waals surface area contributed by atoms with E-state index in [1.165, 1.54) is 0 Å². The van der Waals surface area contributed by atoms with Gasteiger partial charge >= 0.3 is 0 Å². The molecular weight excluding hydrogens is 186 g/mol. The lowest BCUT2D eigenvalue weighted by molar-refractivity contribution is 0.333. The second kappa shape index (κ2) is 4.79. The van der Waals surface area contributed by atoms with Crippen molar-refractivity contribution in [3.05, 3.63) is 18.0 Å². The summed E-state index contributed by atoms with van der Waals surface area (Å²) in [7, 11) is 0. The smallest absolute Gasteiger partial charge is 0.0551 e. The number of hydrogen-bond donors (Lipinski definition) is 1. The summed E-state index contributed by atoms with van der Waals surface area (Å²) in [5.41, 5.74) is 7.62. The van der Waals surface area contributed by atoms with Gasteiger partial charge in [-0.3, -0.25) is 4.68 Å². The standard InChI is InChI=1S/C12H23N3/c1-5-8-15-11(6-7-14-15)10(13)9-12(2,3)4/h6-7,10H,5,8-9,13H2,1-4H3. The Kier molecular flexibility index (Phi) is 3.91. The molecule has 1 aromatic heterocycles. The van der Waals surface area contributed by atoms with Crippen LogP contribution in [0.2, 0.25) is 0 Å². The fourth-order valence-corrected chi connectivity index (χ4v) is 1.82. The number of rotatable bonds is 4. The molecule has 0 aromatic carbocycles. The normalized spacial score (nSPS) is 14.2. The number of hydrogen-bond acceptors (Lipinski definition) is 2. The Labute approximate surface area is 92.7 Å². The van der Waals surface area contributed by atoms with Crippen LogP contribution >= 0.6 is 0 Å². The molecule has 0 saturated heterocycles. The van der Waals surface area contributed by atoms with Crippen LogP contribution in [-0.4, -0.2) is 9.78 Å². The molecule has 0 aliphatic carbocycles. The molecule has 0 aliphatic heterocycles. The summed E-state index contributed by atoms with van der Waals surface area (Å²) in [6.45, 7) is 9.76. The van der Waals surface area contributed by atoms with Crippen molar-refractivity contribution < 1.29 is 0 Å². The van der Waals surface area contributed by atoms with E-state index in [0.717, 1.165) is 25.1 Å². The monoisotopic (exact) mass is 209 g/mol. The minimum Gasteiger partial charge on any atom is -0.323 e. The first-order valence-corrected chi connectivity index (χ1v) is 5.71. The minimum absolute atomic E-state index is 0.0963. The second-order valence-electron chi connectivity index (χ2n) is 5.35. The van der Waals surface area contributed by atoms with E-state index in [-0.39, 0.29) is 11.5 Å². The van der Waals surface area contributed by atoms with Gasteiger partial charge in [0.1, 0.15) is 0 Å². The minimum atomic E-state index is 0.0963. The SMILES string of the molecule is CCCn1nccc1C(N)CC(C)(C)C. The van der Waals surface area contributed by atoms with Gasteiger partial charge in [-0.15, -0.1) is 0 Å². The van der Waals surface area contributed by atoms with Gasteiger partial charge in [0, 0.05) is 18.8 Å². The van der Waals surface area contributed by atoms with Crippen molar-refractivity contribution in [3.8, 4) is 0 Å². The summed E-state index contributed by atoms with van der Waals surface area (Å²) in [5.74, 6) is 0. The first-order valence-electron chi connectivity index (χ1n) is 5.71. The number of nitrogens with two attached hydrogens (primary N) is 1. The van der Waals surface area contributed by atoms with E-state index in [0.29, 0.717) is 0 Å². The first-order chi connectivity index (χ1) is 6.94. The van der Waals surface area contributed by atoms with Crippen LogP contribution in [0.3, 0.4) is 0 Å². The molecule has 3 heteroatoms. The molecule has 3 nitrogen and oxygen atoms in total. The van der Waals surface area contributed by atoms with E-state index < -0.39 is 0 Å². The van der Waals surface area contributed by atoms with Crippen molar-refractivity contribution in [3.63, 3.8) is 0 Å². The third-order valence-corrected chi connectivity index (χ3v) is 2.40. The highest BCUT2D eigenvalue weighted by atomic mass is 15.3. The van der Waals surface area contributed by atoms with E-state index in [9.17, 15) is 0 Å². The predicted octanol–water partition coefficient (Wildman–Crippen LogP) is 2.73. The zero-order chi connectivity index (χ0) is 11.5. The van der Waals surface area contributed by atoms with E-state index >= 15 is 0 Å². The average molecular weight is 209 g/mol. The van der Waals surface area contributed by atoms with Crippen LogP contribution in [0, 0.1) is 5.41 Å². The lowest BCUT2D eigenvalue weighted by Gasteiger charge is -2.23. The van der Waals surface area contributed by atoms with Crippen molar-refractivity contribution in [1.29, 1.82) is 0 Å². The highest BCUT2D eigenvalue weighted by molar-refractivity contribution is 5.06. The van der Waals surface area contributed by atoms with Crippen LogP contribution in [-0.2, 0) is 6.54 Å². The van der Waals surface area contributed by atoms with Crippen LogP contribution in [0.5, 0.6) is 0 Å². The molecule has 0 aliphatic rings. The summed E-state index contributed by atoms with van der Waals surface area (Å²) in [6.07, 6.45) is 3.92. The zero-order valence-corrected chi connectivity index (χ0v) is 10.3. The van der Waals surface area contributed by atoms with Gasteiger partial charge in [0.05, 0.1) is 5.69 Å². The maximum atomic E-state index is 6.20. The molecule has 0 radical (unpaired) electrons. The van der Waals surface area contributed by atoms with Crippen LogP contribution in [0.25, 0.3) is 0 Å². The van der Waals surface area contributed by atoms with Gasteiger partial charge in [-0.05, 0) is 24.3 Å². The molecule has 86 valence electrons. The molecule has 0 amide bonds. The van der Waals surface area contributed by atoms with Crippen LogP contribution in [0.4, 0.5) is 0 Å². The molecule has 1 heterocycles. The van der Waals surface area contributed by atoms with E-state index in [4.69, 9.17) is 5.73 Å². The highest BCUT2D eigenvalue weighted by Crippen LogP contribution is 2.27. The largest absolute Gasteiger partial charge is 0.323 e. The third kappa shape index (κ3) is 3.67. The Morgan fingerprint density at radius 2 is 2.13 bits per heavy atom. The number of aryl methyl sites for hydroxylation is 1. The lowest BCUT2D eigenvalue weighted by atomic mass is 9.87. The Morgan fingerprint density at radius 1 is 1.47 bits per heavy atom. The van der Waals surface area contributed by atoms with Crippen molar-refractivity contribution in [1.82, 2.24) is 9.78 Å². The molecule has 1 aromatic rings. The van der Waals surface area contributed by atoms with E-state index in [2.05, 4.69) is 32.8 Å². The Morgan fingerprint density at radius 3 is 2.67 bits per heavy atom. The van der Waals surface area contributed by atoms with Crippen molar-refractivity contribution in [2.24, 2.45) is 11.1 Å². The third-order valence-electron chi connectivity index (χ3n) is 2.40. The fraction of sp³-hybridized carbons (Fsp3) is 0.750. The van der Waals surface area contributed by atoms with Gasteiger partial charge in [-0.2, -0.15) is 5.10 Å².